The Kier molecular flexibility index (Phi) is 5.24. The van der Waals surface area contributed by atoms with Gasteiger partial charge in [-0.25, -0.2) is 14.6 Å². The van der Waals surface area contributed by atoms with Gasteiger partial charge in [-0.3, -0.25) is 0 Å². The van der Waals surface area contributed by atoms with Gasteiger partial charge in [0.25, 0.3) is 0 Å². The predicted octanol–water partition coefficient (Wildman–Crippen LogP) is 5.22. The number of allylic oxidation sites excluding steroid dienone is 2. The second-order valence-corrected chi connectivity index (χ2v) is 6.85. The van der Waals surface area contributed by atoms with Gasteiger partial charge in [0, 0.05) is 12.1 Å². The number of hydrogen-bond acceptors (Lipinski definition) is 5. The number of fused-ring (bicyclic) bond motifs is 1. The molecule has 2 heterocycles. The van der Waals surface area contributed by atoms with E-state index in [1.54, 1.807) is 0 Å². The maximum absolute atomic E-state index is 6.18. The van der Waals surface area contributed by atoms with Crippen LogP contribution in [-0.2, 0) is 6.54 Å². The molecule has 0 unspecified atom stereocenters. The fourth-order valence-corrected chi connectivity index (χ4v) is 3.12. The zero-order valence-corrected chi connectivity index (χ0v) is 16.5. The summed E-state index contributed by atoms with van der Waals surface area (Å²) < 4.78 is 7.79. The second kappa shape index (κ2) is 8.14. The smallest absolute Gasteiger partial charge is 0.163 e. The lowest BCUT2D eigenvalue weighted by Gasteiger charge is -2.06. The highest BCUT2D eigenvalue weighted by atomic mass is 16.5. The Hall–Kier alpha value is -3.67. The Morgan fingerprint density at radius 2 is 1.76 bits per heavy atom. The molecule has 0 atom stereocenters. The van der Waals surface area contributed by atoms with E-state index in [0.717, 1.165) is 46.8 Å². The number of hydrogen-bond donors (Lipinski definition) is 1. The first-order valence-corrected chi connectivity index (χ1v) is 9.58. The van der Waals surface area contributed by atoms with Gasteiger partial charge in [0.1, 0.15) is 29.3 Å². The zero-order chi connectivity index (χ0) is 20.2. The number of nitrogen functional groups attached to an aromatic ring is 1. The van der Waals surface area contributed by atoms with Crippen molar-refractivity contribution >= 4 is 16.9 Å². The largest absolute Gasteiger partial charge is 0.457 e. The minimum atomic E-state index is 0.434. The third kappa shape index (κ3) is 3.96. The van der Waals surface area contributed by atoms with Crippen LogP contribution >= 0.6 is 0 Å². The molecule has 0 saturated heterocycles. The lowest BCUT2D eigenvalue weighted by Crippen LogP contribution is -2.02. The molecule has 2 aromatic heterocycles. The zero-order valence-electron chi connectivity index (χ0n) is 16.5. The van der Waals surface area contributed by atoms with E-state index >= 15 is 0 Å². The van der Waals surface area contributed by atoms with Crippen LogP contribution in [0.3, 0.4) is 0 Å². The van der Waals surface area contributed by atoms with Crippen molar-refractivity contribution in [1.82, 2.24) is 19.7 Å². The standard InChI is InChI=1S/C23H23N5O/c1-3-16(2)13-14-28-23-20(22(24)25-15-26-23)21(27-28)17-9-11-19(12-10-17)29-18-7-5-4-6-8-18/h3-12,15H,13-14H2,1-2H3,(H2,24,25,26). The van der Waals surface area contributed by atoms with Gasteiger partial charge in [-0.1, -0.05) is 29.8 Å². The molecule has 0 amide bonds. The number of benzene rings is 2. The van der Waals surface area contributed by atoms with Crippen molar-refractivity contribution in [3.63, 3.8) is 0 Å². The van der Waals surface area contributed by atoms with E-state index in [1.165, 1.54) is 11.9 Å². The van der Waals surface area contributed by atoms with E-state index in [-0.39, 0.29) is 0 Å². The highest BCUT2D eigenvalue weighted by Gasteiger charge is 2.17. The van der Waals surface area contributed by atoms with Crippen LogP contribution in [0.5, 0.6) is 11.5 Å². The van der Waals surface area contributed by atoms with E-state index in [9.17, 15) is 0 Å². The number of ether oxygens (including phenoxy) is 1. The lowest BCUT2D eigenvalue weighted by molar-refractivity contribution is 0.483. The average molecular weight is 385 g/mol. The van der Waals surface area contributed by atoms with Crippen LogP contribution in [0.2, 0.25) is 0 Å². The highest BCUT2D eigenvalue weighted by Crippen LogP contribution is 2.32. The van der Waals surface area contributed by atoms with Crippen molar-refractivity contribution < 1.29 is 4.74 Å². The summed E-state index contributed by atoms with van der Waals surface area (Å²) in [5.74, 6) is 1.99. The molecule has 0 fully saturated rings. The van der Waals surface area contributed by atoms with E-state index in [0.29, 0.717) is 5.82 Å². The molecule has 0 aliphatic carbocycles. The van der Waals surface area contributed by atoms with Crippen molar-refractivity contribution in [1.29, 1.82) is 0 Å². The highest BCUT2D eigenvalue weighted by molar-refractivity contribution is 5.98. The monoisotopic (exact) mass is 385 g/mol. The van der Waals surface area contributed by atoms with E-state index in [1.807, 2.05) is 66.2 Å². The van der Waals surface area contributed by atoms with E-state index in [4.69, 9.17) is 15.6 Å². The summed E-state index contributed by atoms with van der Waals surface area (Å²) in [6.45, 7) is 4.89. The molecule has 0 aliphatic heterocycles. The summed E-state index contributed by atoms with van der Waals surface area (Å²) in [6, 6.07) is 17.5. The van der Waals surface area contributed by atoms with E-state index < -0.39 is 0 Å². The van der Waals surface area contributed by atoms with Gasteiger partial charge >= 0.3 is 0 Å². The summed E-state index contributed by atoms with van der Waals surface area (Å²) in [5, 5.41) is 5.59. The van der Waals surface area contributed by atoms with Gasteiger partial charge in [0.2, 0.25) is 0 Å². The predicted molar refractivity (Wildman–Crippen MR) is 116 cm³/mol. The van der Waals surface area contributed by atoms with Crippen LogP contribution < -0.4 is 10.5 Å². The van der Waals surface area contributed by atoms with Crippen molar-refractivity contribution in [3.05, 3.63) is 72.6 Å². The number of nitrogens with two attached hydrogens (primary N) is 1. The van der Waals surface area contributed by atoms with Crippen LogP contribution in [-0.4, -0.2) is 19.7 Å². The molecule has 146 valence electrons. The minimum absolute atomic E-state index is 0.434. The third-order valence-corrected chi connectivity index (χ3v) is 4.88. The second-order valence-electron chi connectivity index (χ2n) is 6.85. The SMILES string of the molecule is CC=C(C)CCn1nc(-c2ccc(Oc3ccccc3)cc2)c2c(N)ncnc21. The van der Waals surface area contributed by atoms with Gasteiger partial charge in [-0.15, -0.1) is 0 Å². The molecule has 6 nitrogen and oxygen atoms in total. The van der Waals surface area contributed by atoms with Crippen molar-refractivity contribution in [2.45, 2.75) is 26.8 Å². The summed E-state index contributed by atoms with van der Waals surface area (Å²) in [6.07, 6.45) is 4.50. The summed E-state index contributed by atoms with van der Waals surface area (Å²) in [7, 11) is 0. The molecule has 2 aromatic carbocycles. The first kappa shape index (κ1) is 18.7. The molecule has 29 heavy (non-hydrogen) atoms. The molecule has 6 heteroatoms. The molecular weight excluding hydrogens is 362 g/mol. The summed E-state index contributed by atoms with van der Waals surface area (Å²) >= 11 is 0. The quantitative estimate of drug-likeness (QED) is 0.460. The minimum Gasteiger partial charge on any atom is -0.457 e. The number of nitrogens with zero attached hydrogens (tertiary/aromatic N) is 4. The molecule has 0 bridgehead atoms. The normalized spacial score (nSPS) is 11.7. The Morgan fingerprint density at radius 3 is 2.48 bits per heavy atom. The third-order valence-electron chi connectivity index (χ3n) is 4.88. The molecule has 0 spiro atoms. The maximum atomic E-state index is 6.18. The lowest BCUT2D eigenvalue weighted by atomic mass is 10.1. The van der Waals surface area contributed by atoms with Gasteiger partial charge in [0.15, 0.2) is 5.65 Å². The maximum Gasteiger partial charge on any atom is 0.163 e. The fraction of sp³-hybridized carbons (Fsp3) is 0.174. The average Bonchev–Trinajstić information content (AvgIpc) is 3.13. The molecule has 4 aromatic rings. The van der Waals surface area contributed by atoms with Gasteiger partial charge < -0.3 is 10.5 Å². The molecule has 4 rings (SSSR count). The van der Waals surface area contributed by atoms with Crippen LogP contribution in [0.25, 0.3) is 22.3 Å². The van der Waals surface area contributed by atoms with Gasteiger partial charge in [-0.05, 0) is 56.7 Å². The Bertz CT molecular complexity index is 1150. The summed E-state index contributed by atoms with van der Waals surface area (Å²) in [4.78, 5) is 8.60. The van der Waals surface area contributed by atoms with Crippen molar-refractivity contribution in [3.8, 4) is 22.8 Å². The number of anilines is 1. The first-order valence-electron chi connectivity index (χ1n) is 9.58. The number of rotatable bonds is 6. The Balaban J connectivity index is 1.68. The topological polar surface area (TPSA) is 78.9 Å². The molecule has 0 saturated carbocycles. The van der Waals surface area contributed by atoms with Crippen LogP contribution in [0.15, 0.2) is 72.6 Å². The van der Waals surface area contributed by atoms with Crippen molar-refractivity contribution in [2.75, 3.05) is 5.73 Å². The first-order chi connectivity index (χ1) is 14.2. The number of aryl methyl sites for hydroxylation is 1. The van der Waals surface area contributed by atoms with Gasteiger partial charge in [-0.2, -0.15) is 5.10 Å². The number of para-hydroxylation sites is 1. The molecule has 0 radical (unpaired) electrons. The molecule has 2 N–H and O–H groups in total. The fourth-order valence-electron chi connectivity index (χ4n) is 3.12. The molecule has 0 aliphatic rings. The molecular formula is C23H23N5O. The van der Waals surface area contributed by atoms with Crippen molar-refractivity contribution in [2.24, 2.45) is 0 Å². The summed E-state index contributed by atoms with van der Waals surface area (Å²) in [5.41, 5.74) is 9.96. The number of aromatic nitrogens is 4. The van der Waals surface area contributed by atoms with E-state index in [2.05, 4.69) is 23.0 Å². The van der Waals surface area contributed by atoms with Crippen LogP contribution in [0, 0.1) is 0 Å². The Labute approximate surface area is 169 Å². The Morgan fingerprint density at radius 1 is 1.03 bits per heavy atom. The van der Waals surface area contributed by atoms with Gasteiger partial charge in [0.05, 0.1) is 5.39 Å². The van der Waals surface area contributed by atoms with Crippen LogP contribution in [0.1, 0.15) is 20.3 Å². The van der Waals surface area contributed by atoms with Crippen LogP contribution in [0.4, 0.5) is 5.82 Å².